The summed E-state index contributed by atoms with van der Waals surface area (Å²) in [6.45, 7) is 5.72. The highest BCUT2D eigenvalue weighted by Gasteiger charge is 2.03. The van der Waals surface area contributed by atoms with E-state index in [2.05, 4.69) is 20.6 Å². The SMILES string of the molecule is Cc1nn(C)cc1CNCc1cn[nH]c1C. The first-order valence-corrected chi connectivity index (χ1v) is 5.35. The zero-order valence-electron chi connectivity index (χ0n) is 9.91. The fraction of sp³-hybridized carbons (Fsp3) is 0.455. The monoisotopic (exact) mass is 219 g/mol. The lowest BCUT2D eigenvalue weighted by atomic mass is 10.2. The molecule has 0 saturated heterocycles. The van der Waals surface area contributed by atoms with Crippen molar-refractivity contribution >= 4 is 0 Å². The first-order valence-electron chi connectivity index (χ1n) is 5.35. The molecule has 0 radical (unpaired) electrons. The van der Waals surface area contributed by atoms with Crippen molar-refractivity contribution in [3.63, 3.8) is 0 Å². The molecular formula is C11H17N5. The maximum atomic E-state index is 4.30. The van der Waals surface area contributed by atoms with Gasteiger partial charge in [-0.2, -0.15) is 10.2 Å². The number of aryl methyl sites for hydroxylation is 3. The summed E-state index contributed by atoms with van der Waals surface area (Å²) in [5.41, 5.74) is 4.65. The Labute approximate surface area is 94.9 Å². The third kappa shape index (κ3) is 2.30. The summed E-state index contributed by atoms with van der Waals surface area (Å²) in [5.74, 6) is 0. The molecule has 2 aromatic rings. The number of hydrogen-bond acceptors (Lipinski definition) is 3. The van der Waals surface area contributed by atoms with Gasteiger partial charge in [0.1, 0.15) is 0 Å². The van der Waals surface area contributed by atoms with Gasteiger partial charge in [0.25, 0.3) is 0 Å². The van der Waals surface area contributed by atoms with E-state index in [4.69, 9.17) is 0 Å². The lowest BCUT2D eigenvalue weighted by Gasteiger charge is -2.02. The predicted octanol–water partition coefficient (Wildman–Crippen LogP) is 1.05. The molecule has 0 aliphatic heterocycles. The van der Waals surface area contributed by atoms with E-state index in [-0.39, 0.29) is 0 Å². The summed E-state index contributed by atoms with van der Waals surface area (Å²) in [7, 11) is 1.94. The van der Waals surface area contributed by atoms with Crippen LogP contribution in [0, 0.1) is 13.8 Å². The van der Waals surface area contributed by atoms with Gasteiger partial charge in [-0.25, -0.2) is 0 Å². The molecule has 5 nitrogen and oxygen atoms in total. The normalized spacial score (nSPS) is 10.9. The molecule has 0 aliphatic rings. The molecule has 0 fully saturated rings. The van der Waals surface area contributed by atoms with Crippen LogP contribution in [0.3, 0.4) is 0 Å². The second-order valence-corrected chi connectivity index (χ2v) is 4.04. The summed E-state index contributed by atoms with van der Waals surface area (Å²) in [5, 5.41) is 14.6. The minimum atomic E-state index is 0.830. The van der Waals surface area contributed by atoms with E-state index in [1.54, 1.807) is 0 Å². The highest BCUT2D eigenvalue weighted by Crippen LogP contribution is 2.06. The van der Waals surface area contributed by atoms with Crippen LogP contribution in [0.5, 0.6) is 0 Å². The van der Waals surface area contributed by atoms with Crippen LogP contribution in [0.1, 0.15) is 22.5 Å². The van der Waals surface area contributed by atoms with E-state index >= 15 is 0 Å². The Morgan fingerprint density at radius 1 is 1.31 bits per heavy atom. The number of aromatic nitrogens is 4. The summed E-state index contributed by atoms with van der Waals surface area (Å²) in [6, 6.07) is 0. The molecule has 5 heteroatoms. The van der Waals surface area contributed by atoms with Crippen LogP contribution in [0.15, 0.2) is 12.4 Å². The maximum absolute atomic E-state index is 4.30. The zero-order valence-corrected chi connectivity index (χ0v) is 9.91. The van der Waals surface area contributed by atoms with Crippen molar-refractivity contribution < 1.29 is 0 Å². The molecule has 0 saturated carbocycles. The van der Waals surface area contributed by atoms with Crippen molar-refractivity contribution in [1.29, 1.82) is 0 Å². The van der Waals surface area contributed by atoms with Gasteiger partial charge >= 0.3 is 0 Å². The predicted molar refractivity (Wildman–Crippen MR) is 61.8 cm³/mol. The molecule has 16 heavy (non-hydrogen) atoms. The topological polar surface area (TPSA) is 58.5 Å². The van der Waals surface area contributed by atoms with E-state index in [9.17, 15) is 0 Å². The van der Waals surface area contributed by atoms with Crippen molar-refractivity contribution in [3.8, 4) is 0 Å². The first kappa shape index (κ1) is 10.9. The number of hydrogen-bond donors (Lipinski definition) is 2. The van der Waals surface area contributed by atoms with Gasteiger partial charge in [-0.3, -0.25) is 9.78 Å². The average molecular weight is 219 g/mol. The third-order valence-corrected chi connectivity index (χ3v) is 2.68. The second-order valence-electron chi connectivity index (χ2n) is 4.04. The molecule has 2 rings (SSSR count). The van der Waals surface area contributed by atoms with Crippen LogP contribution < -0.4 is 5.32 Å². The van der Waals surface area contributed by atoms with Crippen LogP contribution in [0.4, 0.5) is 0 Å². The maximum Gasteiger partial charge on any atom is 0.0638 e. The molecule has 2 aromatic heterocycles. The smallest absolute Gasteiger partial charge is 0.0638 e. The zero-order chi connectivity index (χ0) is 11.5. The van der Waals surface area contributed by atoms with Gasteiger partial charge in [0.2, 0.25) is 0 Å². The summed E-state index contributed by atoms with van der Waals surface area (Å²) >= 11 is 0. The van der Waals surface area contributed by atoms with E-state index in [1.165, 1.54) is 11.1 Å². The van der Waals surface area contributed by atoms with Gasteiger partial charge < -0.3 is 5.32 Å². The number of nitrogens with zero attached hydrogens (tertiary/aromatic N) is 3. The fourth-order valence-corrected chi connectivity index (χ4v) is 1.71. The number of H-pyrrole nitrogens is 1. The van der Waals surface area contributed by atoms with Crippen LogP contribution in [0.25, 0.3) is 0 Å². The number of aromatic amines is 1. The highest BCUT2D eigenvalue weighted by atomic mass is 15.2. The minimum absolute atomic E-state index is 0.830. The molecule has 2 N–H and O–H groups in total. The quantitative estimate of drug-likeness (QED) is 0.808. The molecule has 0 aromatic carbocycles. The molecular weight excluding hydrogens is 202 g/mol. The van der Waals surface area contributed by atoms with Crippen LogP contribution >= 0.6 is 0 Å². The third-order valence-electron chi connectivity index (χ3n) is 2.68. The van der Waals surface area contributed by atoms with Crippen molar-refractivity contribution in [3.05, 3.63) is 34.9 Å². The standard InChI is InChI=1S/C11H17N5/c1-8-10(6-13-14-8)4-12-5-11-7-16(3)15-9(11)2/h6-7,12H,4-5H2,1-3H3,(H,13,14). The van der Waals surface area contributed by atoms with Gasteiger partial charge in [0.15, 0.2) is 0 Å². The molecule has 0 spiro atoms. The van der Waals surface area contributed by atoms with Gasteiger partial charge in [0, 0.05) is 43.2 Å². The Morgan fingerprint density at radius 3 is 2.62 bits per heavy atom. The van der Waals surface area contributed by atoms with Crippen LogP contribution in [-0.4, -0.2) is 20.0 Å². The lowest BCUT2D eigenvalue weighted by Crippen LogP contribution is -2.13. The van der Waals surface area contributed by atoms with Crippen molar-refractivity contribution in [2.24, 2.45) is 7.05 Å². The lowest BCUT2D eigenvalue weighted by molar-refractivity contribution is 0.687. The van der Waals surface area contributed by atoms with E-state index < -0.39 is 0 Å². The van der Waals surface area contributed by atoms with Gasteiger partial charge in [-0.05, 0) is 13.8 Å². The molecule has 0 aliphatic carbocycles. The van der Waals surface area contributed by atoms with Crippen molar-refractivity contribution in [2.45, 2.75) is 26.9 Å². The summed E-state index contributed by atoms with van der Waals surface area (Å²) in [6.07, 6.45) is 3.91. The first-order chi connectivity index (χ1) is 7.66. The molecule has 0 unspecified atom stereocenters. The van der Waals surface area contributed by atoms with Gasteiger partial charge in [-0.15, -0.1) is 0 Å². The highest BCUT2D eigenvalue weighted by molar-refractivity contribution is 5.16. The molecule has 0 atom stereocenters. The summed E-state index contributed by atoms with van der Waals surface area (Å²) < 4.78 is 1.84. The van der Waals surface area contributed by atoms with Crippen molar-refractivity contribution in [2.75, 3.05) is 0 Å². The van der Waals surface area contributed by atoms with E-state index in [1.807, 2.05) is 38.0 Å². The van der Waals surface area contributed by atoms with E-state index in [0.29, 0.717) is 0 Å². The minimum Gasteiger partial charge on any atom is -0.308 e. The number of rotatable bonds is 4. The fourth-order valence-electron chi connectivity index (χ4n) is 1.71. The van der Waals surface area contributed by atoms with Gasteiger partial charge in [0.05, 0.1) is 11.9 Å². The molecule has 86 valence electrons. The van der Waals surface area contributed by atoms with Gasteiger partial charge in [-0.1, -0.05) is 0 Å². The Hall–Kier alpha value is -1.62. The number of nitrogens with one attached hydrogen (secondary N) is 2. The van der Waals surface area contributed by atoms with Crippen LogP contribution in [-0.2, 0) is 20.1 Å². The van der Waals surface area contributed by atoms with Crippen molar-refractivity contribution in [1.82, 2.24) is 25.3 Å². The largest absolute Gasteiger partial charge is 0.308 e. The Morgan fingerprint density at radius 2 is 2.06 bits per heavy atom. The molecule has 0 bridgehead atoms. The van der Waals surface area contributed by atoms with E-state index in [0.717, 1.165) is 24.5 Å². The Bertz CT molecular complexity index is 468. The van der Waals surface area contributed by atoms with Crippen LogP contribution in [0.2, 0.25) is 0 Å². The molecule has 2 heterocycles. The Balaban J connectivity index is 1.89. The Kier molecular flexibility index (Phi) is 3.05. The second kappa shape index (κ2) is 4.49. The molecule has 0 amide bonds. The summed E-state index contributed by atoms with van der Waals surface area (Å²) in [4.78, 5) is 0. The average Bonchev–Trinajstić information content (AvgIpc) is 2.75.